The number of thioether (sulfide) groups is 1. The molecular weight excluding hydrogens is 276 g/mol. The largest absolute Gasteiger partial charge is 0.372 e. The van der Waals surface area contributed by atoms with E-state index >= 15 is 0 Å². The Bertz CT molecular complexity index is 681. The molecule has 0 saturated carbocycles. The van der Waals surface area contributed by atoms with Gasteiger partial charge in [-0.25, -0.2) is 15.0 Å². The average Bonchev–Trinajstić information content (AvgIpc) is 2.93. The number of nitrogens with one attached hydrogen (secondary N) is 1. The number of thiophene rings is 1. The summed E-state index contributed by atoms with van der Waals surface area (Å²) < 4.78 is 0. The third-order valence-corrected chi connectivity index (χ3v) is 4.34. The van der Waals surface area contributed by atoms with Crippen LogP contribution in [0.5, 0.6) is 0 Å². The van der Waals surface area contributed by atoms with E-state index in [0.29, 0.717) is 0 Å². The van der Waals surface area contributed by atoms with Gasteiger partial charge in [-0.05, 0) is 23.6 Å². The predicted molar refractivity (Wildman–Crippen MR) is 80.8 cm³/mol. The molecule has 0 atom stereocenters. The van der Waals surface area contributed by atoms with Crippen LogP contribution in [0.3, 0.4) is 0 Å². The maximum atomic E-state index is 4.58. The number of nitrogens with zero attached hydrogens (tertiary/aromatic N) is 3. The monoisotopic (exact) mass is 288 g/mol. The van der Waals surface area contributed by atoms with Gasteiger partial charge in [-0.15, -0.1) is 11.3 Å². The Morgan fingerprint density at radius 2 is 2.21 bits per heavy atom. The first-order chi connectivity index (χ1) is 9.36. The second-order valence-corrected chi connectivity index (χ2v) is 5.72. The van der Waals surface area contributed by atoms with Gasteiger partial charge < -0.3 is 5.32 Å². The third-order valence-electron chi connectivity index (χ3n) is 2.60. The molecule has 0 saturated heterocycles. The molecule has 0 aliphatic heterocycles. The van der Waals surface area contributed by atoms with Crippen LogP contribution in [0.4, 0.5) is 5.82 Å². The Morgan fingerprint density at radius 1 is 1.26 bits per heavy atom. The van der Waals surface area contributed by atoms with Crippen molar-refractivity contribution < 1.29 is 0 Å². The van der Waals surface area contributed by atoms with Gasteiger partial charge in [0.05, 0.1) is 16.2 Å². The number of hydrogen-bond acceptors (Lipinski definition) is 6. The molecule has 0 aliphatic rings. The van der Waals surface area contributed by atoms with E-state index in [-0.39, 0.29) is 0 Å². The molecule has 19 heavy (non-hydrogen) atoms. The Kier molecular flexibility index (Phi) is 3.61. The zero-order valence-corrected chi connectivity index (χ0v) is 12.0. The van der Waals surface area contributed by atoms with Gasteiger partial charge in [-0.2, -0.15) is 0 Å². The van der Waals surface area contributed by atoms with Gasteiger partial charge in [-0.1, -0.05) is 17.8 Å². The van der Waals surface area contributed by atoms with Gasteiger partial charge in [0.2, 0.25) is 0 Å². The molecule has 0 amide bonds. The van der Waals surface area contributed by atoms with E-state index in [4.69, 9.17) is 0 Å². The second-order valence-electron chi connectivity index (χ2n) is 3.83. The second kappa shape index (κ2) is 5.54. The lowest BCUT2D eigenvalue weighted by atomic mass is 10.4. The minimum atomic E-state index is 0.722. The van der Waals surface area contributed by atoms with Gasteiger partial charge in [0.25, 0.3) is 0 Å². The van der Waals surface area contributed by atoms with Crippen molar-refractivity contribution in [3.05, 3.63) is 41.7 Å². The first kappa shape index (κ1) is 12.4. The molecule has 0 spiro atoms. The van der Waals surface area contributed by atoms with Gasteiger partial charge in [0, 0.05) is 13.2 Å². The number of hydrogen-bond donors (Lipinski definition) is 1. The smallest absolute Gasteiger partial charge is 0.142 e. The van der Waals surface area contributed by atoms with Crippen molar-refractivity contribution in [2.24, 2.45) is 0 Å². The summed E-state index contributed by atoms with van der Waals surface area (Å²) in [7, 11) is 1.88. The maximum Gasteiger partial charge on any atom is 0.142 e. The quantitative estimate of drug-likeness (QED) is 0.745. The van der Waals surface area contributed by atoms with E-state index in [1.807, 2.05) is 36.7 Å². The van der Waals surface area contributed by atoms with E-state index in [1.54, 1.807) is 29.3 Å². The molecule has 4 nitrogen and oxygen atoms in total. The summed E-state index contributed by atoms with van der Waals surface area (Å²) in [5.74, 6) is 2.44. The van der Waals surface area contributed by atoms with Crippen molar-refractivity contribution in [3.63, 3.8) is 0 Å². The zero-order valence-electron chi connectivity index (χ0n) is 10.3. The fourth-order valence-corrected chi connectivity index (χ4v) is 3.22. The van der Waals surface area contributed by atoms with Gasteiger partial charge >= 0.3 is 0 Å². The Labute approximate surface area is 119 Å². The molecule has 0 bridgehead atoms. The highest BCUT2D eigenvalue weighted by molar-refractivity contribution is 7.98. The summed E-state index contributed by atoms with van der Waals surface area (Å²) in [4.78, 5) is 14.4. The molecule has 6 heteroatoms. The number of rotatable bonds is 4. The molecule has 3 aromatic heterocycles. The van der Waals surface area contributed by atoms with E-state index in [1.165, 1.54) is 0 Å². The topological polar surface area (TPSA) is 50.7 Å². The fraction of sp³-hybridized carbons (Fsp3) is 0.154. The normalized spacial score (nSPS) is 10.8. The lowest BCUT2D eigenvalue weighted by Crippen LogP contribution is -1.99. The van der Waals surface area contributed by atoms with Gasteiger partial charge in [0.15, 0.2) is 0 Å². The van der Waals surface area contributed by atoms with E-state index < -0.39 is 0 Å². The molecule has 0 aliphatic carbocycles. The molecular formula is C13H12N4S2. The average molecular weight is 288 g/mol. The maximum absolute atomic E-state index is 4.58. The van der Waals surface area contributed by atoms with Crippen molar-refractivity contribution in [3.8, 4) is 0 Å². The van der Waals surface area contributed by atoms with Crippen LogP contribution < -0.4 is 5.32 Å². The lowest BCUT2D eigenvalue weighted by Gasteiger charge is -2.05. The van der Waals surface area contributed by atoms with E-state index in [0.717, 1.165) is 32.6 Å². The van der Waals surface area contributed by atoms with Crippen molar-refractivity contribution in [1.82, 2.24) is 15.0 Å². The minimum Gasteiger partial charge on any atom is -0.372 e. The highest BCUT2D eigenvalue weighted by Gasteiger charge is 2.08. The van der Waals surface area contributed by atoms with Crippen LogP contribution >= 0.6 is 23.1 Å². The van der Waals surface area contributed by atoms with E-state index in [9.17, 15) is 0 Å². The standard InChI is InChI=1S/C13H12N4S2/c1-14-12-9-5-7-18-13(9)17-10(16-12)8-19-11-4-2-3-6-15-11/h2-7H,8H2,1H3,(H,14,16,17). The summed E-state index contributed by atoms with van der Waals surface area (Å²) in [6.45, 7) is 0. The molecule has 0 unspecified atom stereocenters. The summed E-state index contributed by atoms with van der Waals surface area (Å²) in [5, 5.41) is 7.23. The third kappa shape index (κ3) is 2.69. The van der Waals surface area contributed by atoms with Gasteiger partial charge in [-0.3, -0.25) is 0 Å². The van der Waals surface area contributed by atoms with Gasteiger partial charge in [0.1, 0.15) is 16.5 Å². The first-order valence-electron chi connectivity index (χ1n) is 5.82. The highest BCUT2D eigenvalue weighted by atomic mass is 32.2. The molecule has 3 rings (SSSR count). The van der Waals surface area contributed by atoms with Crippen LogP contribution in [0.25, 0.3) is 10.2 Å². The molecule has 0 radical (unpaired) electrons. The molecule has 3 aromatic rings. The van der Waals surface area contributed by atoms with Crippen LogP contribution in [0.15, 0.2) is 40.9 Å². The van der Waals surface area contributed by atoms with Crippen LogP contribution in [-0.4, -0.2) is 22.0 Å². The number of fused-ring (bicyclic) bond motifs is 1. The molecule has 1 N–H and O–H groups in total. The van der Waals surface area contributed by atoms with Crippen molar-refractivity contribution >= 4 is 39.1 Å². The molecule has 0 aromatic carbocycles. The van der Waals surface area contributed by atoms with E-state index in [2.05, 4.69) is 20.3 Å². The fourth-order valence-electron chi connectivity index (χ4n) is 1.73. The Hall–Kier alpha value is -1.66. The molecule has 0 fully saturated rings. The summed E-state index contributed by atoms with van der Waals surface area (Å²) in [6.07, 6.45) is 1.80. The number of pyridine rings is 1. The number of anilines is 1. The number of aromatic nitrogens is 3. The van der Waals surface area contributed by atoms with Crippen LogP contribution in [-0.2, 0) is 5.75 Å². The highest BCUT2D eigenvalue weighted by Crippen LogP contribution is 2.26. The van der Waals surface area contributed by atoms with Crippen LogP contribution in [0.1, 0.15) is 5.82 Å². The Morgan fingerprint density at radius 3 is 3.00 bits per heavy atom. The van der Waals surface area contributed by atoms with Crippen molar-refractivity contribution in [1.29, 1.82) is 0 Å². The molecule has 96 valence electrons. The molecule has 3 heterocycles. The lowest BCUT2D eigenvalue weighted by molar-refractivity contribution is 1.06. The van der Waals surface area contributed by atoms with Crippen LogP contribution in [0.2, 0.25) is 0 Å². The zero-order chi connectivity index (χ0) is 13.1. The van der Waals surface area contributed by atoms with Crippen molar-refractivity contribution in [2.45, 2.75) is 10.8 Å². The van der Waals surface area contributed by atoms with Crippen LogP contribution in [0, 0.1) is 0 Å². The predicted octanol–water partition coefficient (Wildman–Crippen LogP) is 3.42. The minimum absolute atomic E-state index is 0.722. The first-order valence-corrected chi connectivity index (χ1v) is 7.69. The SMILES string of the molecule is CNc1nc(CSc2ccccn2)nc2sccc12. The summed E-state index contributed by atoms with van der Waals surface area (Å²) >= 11 is 3.28. The van der Waals surface area contributed by atoms with Crippen molar-refractivity contribution in [2.75, 3.05) is 12.4 Å². The summed E-state index contributed by atoms with van der Waals surface area (Å²) in [6, 6.07) is 7.93. The summed E-state index contributed by atoms with van der Waals surface area (Å²) in [5.41, 5.74) is 0. The Balaban J connectivity index is 1.85.